The number of unbranched alkanes of at least 4 members (excludes halogenated alkanes) is 3. The van der Waals surface area contributed by atoms with E-state index < -0.39 is 6.04 Å². The molecule has 0 aromatic carbocycles. The Hall–Kier alpha value is -1.06. The third-order valence-electron chi connectivity index (χ3n) is 2.39. The van der Waals surface area contributed by atoms with E-state index in [4.69, 9.17) is 4.74 Å². The molecule has 0 heterocycles. The minimum absolute atomic E-state index is 0.309. The maximum atomic E-state index is 11.6. The van der Waals surface area contributed by atoms with E-state index in [1.165, 1.54) is 0 Å². The Kier molecular flexibility index (Phi) is 9.76. The van der Waals surface area contributed by atoms with Crippen molar-refractivity contribution in [3.63, 3.8) is 0 Å². The number of amides is 1. The molecule has 0 aromatic rings. The van der Waals surface area contributed by atoms with Crippen molar-refractivity contribution in [1.29, 1.82) is 0 Å². The fourth-order valence-corrected chi connectivity index (χ4v) is 1.37. The largest absolute Gasteiger partial charge is 0.464 e. The molecule has 1 amide bonds. The summed E-state index contributed by atoms with van der Waals surface area (Å²) < 4.78 is 5.07. The Morgan fingerprint density at radius 1 is 1.25 bits per heavy atom. The molecule has 1 unspecified atom stereocenters. The minimum atomic E-state index is -0.471. The van der Waals surface area contributed by atoms with Gasteiger partial charge < -0.3 is 10.1 Å². The molecule has 0 radical (unpaired) electrons. The fourth-order valence-electron chi connectivity index (χ4n) is 1.37. The standard InChI is InChI=1S/C12H23NO3/c1-3-5-7-8-11(13-10-14)12(15)16-9-6-4-2/h10-11H,3-9H2,1-2H3,(H,13,14). The second-order valence-electron chi connectivity index (χ2n) is 3.85. The maximum Gasteiger partial charge on any atom is 0.328 e. The lowest BCUT2D eigenvalue weighted by Gasteiger charge is -2.14. The summed E-state index contributed by atoms with van der Waals surface area (Å²) >= 11 is 0. The van der Waals surface area contributed by atoms with E-state index in [1.807, 2.05) is 6.92 Å². The molecule has 0 aliphatic rings. The van der Waals surface area contributed by atoms with Crippen LogP contribution >= 0.6 is 0 Å². The van der Waals surface area contributed by atoms with Crippen LogP contribution in [0.5, 0.6) is 0 Å². The molecule has 0 fully saturated rings. The predicted molar refractivity (Wildman–Crippen MR) is 63.0 cm³/mol. The number of carbonyl (C=O) groups is 2. The first-order valence-electron chi connectivity index (χ1n) is 6.12. The van der Waals surface area contributed by atoms with E-state index in [0.717, 1.165) is 32.1 Å². The monoisotopic (exact) mass is 229 g/mol. The molecule has 4 heteroatoms. The first-order chi connectivity index (χ1) is 7.76. The summed E-state index contributed by atoms with van der Waals surface area (Å²) in [5.74, 6) is -0.309. The van der Waals surface area contributed by atoms with Gasteiger partial charge in [0.05, 0.1) is 6.61 Å². The van der Waals surface area contributed by atoms with Crippen LogP contribution in [0.25, 0.3) is 0 Å². The molecule has 0 saturated carbocycles. The van der Waals surface area contributed by atoms with Crippen LogP contribution in [0.2, 0.25) is 0 Å². The Balaban J connectivity index is 3.87. The molecule has 0 rings (SSSR count). The molecule has 4 nitrogen and oxygen atoms in total. The normalized spacial score (nSPS) is 11.9. The molecule has 1 N–H and O–H groups in total. The van der Waals surface area contributed by atoms with E-state index in [0.29, 0.717) is 19.4 Å². The second kappa shape index (κ2) is 10.5. The molecule has 0 saturated heterocycles. The van der Waals surface area contributed by atoms with Crippen LogP contribution in [-0.2, 0) is 14.3 Å². The van der Waals surface area contributed by atoms with Crippen LogP contribution in [0.15, 0.2) is 0 Å². The van der Waals surface area contributed by atoms with Gasteiger partial charge in [-0.2, -0.15) is 0 Å². The average Bonchev–Trinajstić information content (AvgIpc) is 2.28. The summed E-state index contributed by atoms with van der Waals surface area (Å²) in [5, 5.41) is 2.51. The highest BCUT2D eigenvalue weighted by molar-refractivity contribution is 5.78. The highest BCUT2D eigenvalue weighted by Gasteiger charge is 2.18. The van der Waals surface area contributed by atoms with Gasteiger partial charge in [0.15, 0.2) is 0 Å². The van der Waals surface area contributed by atoms with Gasteiger partial charge in [-0.1, -0.05) is 39.5 Å². The Bertz CT molecular complexity index is 195. The Morgan fingerprint density at radius 2 is 1.94 bits per heavy atom. The number of hydrogen-bond acceptors (Lipinski definition) is 3. The van der Waals surface area contributed by atoms with Crippen LogP contribution < -0.4 is 5.32 Å². The number of hydrogen-bond donors (Lipinski definition) is 1. The van der Waals surface area contributed by atoms with E-state index in [1.54, 1.807) is 0 Å². The van der Waals surface area contributed by atoms with Crippen LogP contribution in [-0.4, -0.2) is 25.0 Å². The summed E-state index contributed by atoms with van der Waals surface area (Å²) in [4.78, 5) is 21.9. The van der Waals surface area contributed by atoms with E-state index in [-0.39, 0.29) is 5.97 Å². The lowest BCUT2D eigenvalue weighted by atomic mass is 10.1. The van der Waals surface area contributed by atoms with Gasteiger partial charge in [-0.05, 0) is 12.8 Å². The lowest BCUT2D eigenvalue weighted by molar-refractivity contribution is -0.147. The summed E-state index contributed by atoms with van der Waals surface area (Å²) in [6.45, 7) is 4.58. The van der Waals surface area contributed by atoms with E-state index in [2.05, 4.69) is 12.2 Å². The first-order valence-corrected chi connectivity index (χ1v) is 6.12. The van der Waals surface area contributed by atoms with Crippen molar-refractivity contribution < 1.29 is 14.3 Å². The fraction of sp³-hybridized carbons (Fsp3) is 0.833. The van der Waals surface area contributed by atoms with Crippen molar-refractivity contribution in [3.05, 3.63) is 0 Å². The van der Waals surface area contributed by atoms with Gasteiger partial charge in [0.25, 0.3) is 0 Å². The van der Waals surface area contributed by atoms with E-state index in [9.17, 15) is 9.59 Å². The van der Waals surface area contributed by atoms with Crippen LogP contribution in [0, 0.1) is 0 Å². The molecule has 16 heavy (non-hydrogen) atoms. The third kappa shape index (κ3) is 7.26. The van der Waals surface area contributed by atoms with E-state index >= 15 is 0 Å². The van der Waals surface area contributed by atoms with Gasteiger partial charge >= 0.3 is 5.97 Å². The zero-order valence-electron chi connectivity index (χ0n) is 10.3. The summed E-state index contributed by atoms with van der Waals surface area (Å²) in [7, 11) is 0. The van der Waals surface area contributed by atoms with Crippen LogP contribution in [0.4, 0.5) is 0 Å². The highest BCUT2D eigenvalue weighted by atomic mass is 16.5. The maximum absolute atomic E-state index is 11.6. The van der Waals surface area contributed by atoms with Gasteiger partial charge in [0.1, 0.15) is 6.04 Å². The van der Waals surface area contributed by atoms with Crippen molar-refractivity contribution in [2.24, 2.45) is 0 Å². The number of nitrogens with one attached hydrogen (secondary N) is 1. The molecular weight excluding hydrogens is 206 g/mol. The SMILES string of the molecule is CCCCCC(NC=O)C(=O)OCCCC. The zero-order chi connectivity index (χ0) is 12.2. The van der Waals surface area contributed by atoms with Crippen LogP contribution in [0.3, 0.4) is 0 Å². The number of ether oxygens (including phenoxy) is 1. The average molecular weight is 229 g/mol. The Morgan fingerprint density at radius 3 is 2.50 bits per heavy atom. The third-order valence-corrected chi connectivity index (χ3v) is 2.39. The summed E-state index contributed by atoms with van der Waals surface area (Å²) in [5.41, 5.74) is 0. The van der Waals surface area contributed by atoms with Gasteiger partial charge in [0.2, 0.25) is 6.41 Å². The smallest absolute Gasteiger partial charge is 0.328 e. The molecule has 94 valence electrons. The molecule has 0 aliphatic carbocycles. The van der Waals surface area contributed by atoms with Crippen molar-refractivity contribution in [2.45, 2.75) is 58.4 Å². The van der Waals surface area contributed by atoms with Gasteiger partial charge in [-0.25, -0.2) is 4.79 Å². The minimum Gasteiger partial charge on any atom is -0.464 e. The molecule has 1 atom stereocenters. The second-order valence-corrected chi connectivity index (χ2v) is 3.85. The lowest BCUT2D eigenvalue weighted by Crippen LogP contribution is -2.37. The highest BCUT2D eigenvalue weighted by Crippen LogP contribution is 2.05. The van der Waals surface area contributed by atoms with Gasteiger partial charge in [0, 0.05) is 0 Å². The molecule has 0 aromatic heterocycles. The van der Waals surface area contributed by atoms with Crippen LogP contribution in [0.1, 0.15) is 52.4 Å². The number of rotatable bonds is 10. The van der Waals surface area contributed by atoms with Crippen molar-refractivity contribution in [3.8, 4) is 0 Å². The molecule has 0 spiro atoms. The number of esters is 1. The first kappa shape index (κ1) is 14.9. The molecular formula is C12H23NO3. The number of carbonyl (C=O) groups excluding carboxylic acids is 2. The summed E-state index contributed by atoms with van der Waals surface area (Å²) in [6.07, 6.45) is 6.20. The van der Waals surface area contributed by atoms with Crippen molar-refractivity contribution in [2.75, 3.05) is 6.61 Å². The van der Waals surface area contributed by atoms with Crippen molar-refractivity contribution >= 4 is 12.4 Å². The molecule has 0 bridgehead atoms. The van der Waals surface area contributed by atoms with Gasteiger partial charge in [-0.15, -0.1) is 0 Å². The van der Waals surface area contributed by atoms with Gasteiger partial charge in [-0.3, -0.25) is 4.79 Å². The quantitative estimate of drug-likeness (QED) is 0.354. The predicted octanol–water partition coefficient (Wildman–Crippen LogP) is 2.02. The zero-order valence-corrected chi connectivity index (χ0v) is 10.3. The molecule has 0 aliphatic heterocycles. The van der Waals surface area contributed by atoms with Crippen molar-refractivity contribution in [1.82, 2.24) is 5.32 Å². The topological polar surface area (TPSA) is 55.4 Å². The Labute approximate surface area is 97.7 Å². The summed E-state index contributed by atoms with van der Waals surface area (Å²) in [6, 6.07) is -0.471.